The summed E-state index contributed by atoms with van der Waals surface area (Å²) in [6, 6.07) is 6.75. The number of Topliss-reactive ketones (excluding diaryl/α,β-unsaturated/α-hetero) is 1. The molecular weight excluding hydrogens is 300 g/mol. The van der Waals surface area contributed by atoms with Crippen LogP contribution in [0.4, 0.5) is 0 Å². The maximum atomic E-state index is 12.1. The van der Waals surface area contributed by atoms with E-state index in [-0.39, 0.29) is 11.7 Å². The van der Waals surface area contributed by atoms with E-state index in [1.165, 1.54) is 18.7 Å². The van der Waals surface area contributed by atoms with E-state index in [1.54, 1.807) is 26.2 Å². The number of ketones is 1. The third-order valence-corrected chi connectivity index (χ3v) is 3.90. The number of ether oxygens (including phenoxy) is 1. The maximum Gasteiger partial charge on any atom is 0.226 e. The molecule has 0 bridgehead atoms. The zero-order valence-electron chi connectivity index (χ0n) is 13.0. The molecule has 1 heterocycles. The van der Waals surface area contributed by atoms with Crippen LogP contribution in [0, 0.1) is 0 Å². The van der Waals surface area contributed by atoms with E-state index in [9.17, 15) is 9.59 Å². The summed E-state index contributed by atoms with van der Waals surface area (Å²) in [6.07, 6.45) is 0. The number of hydrogen-bond acceptors (Lipinski definition) is 4. The highest BCUT2D eigenvalue weighted by Gasteiger charge is 2.36. The number of benzene rings is 1. The zero-order valence-corrected chi connectivity index (χ0v) is 13.8. The third-order valence-electron chi connectivity index (χ3n) is 3.60. The van der Waals surface area contributed by atoms with Crippen molar-refractivity contribution >= 4 is 29.0 Å². The predicted octanol–water partition coefficient (Wildman–Crippen LogP) is 2.34. The molecule has 116 valence electrons. The van der Waals surface area contributed by atoms with Crippen LogP contribution in [-0.2, 0) is 9.59 Å². The van der Waals surface area contributed by atoms with Crippen molar-refractivity contribution in [3.05, 3.63) is 41.1 Å². The Morgan fingerprint density at radius 2 is 1.82 bits per heavy atom. The molecule has 1 unspecified atom stereocenters. The first-order chi connectivity index (χ1) is 10.4. The van der Waals surface area contributed by atoms with Crippen LogP contribution < -0.4 is 10.1 Å². The smallest absolute Gasteiger partial charge is 0.226 e. The molecule has 0 aliphatic carbocycles. The highest BCUT2D eigenvalue weighted by atomic mass is 32.1. The number of rotatable bonds is 3. The summed E-state index contributed by atoms with van der Waals surface area (Å²) in [4.78, 5) is 25.5. The lowest BCUT2D eigenvalue weighted by atomic mass is 9.91. The van der Waals surface area contributed by atoms with Gasteiger partial charge in [-0.3, -0.25) is 14.5 Å². The van der Waals surface area contributed by atoms with E-state index in [1.807, 2.05) is 12.1 Å². The molecule has 6 heteroatoms. The number of amides is 1. The summed E-state index contributed by atoms with van der Waals surface area (Å²) in [6.45, 7) is 4.71. The van der Waals surface area contributed by atoms with Crippen LogP contribution in [0.5, 0.6) is 5.75 Å². The molecule has 0 fully saturated rings. The summed E-state index contributed by atoms with van der Waals surface area (Å²) in [5.74, 6) is 0.392. The van der Waals surface area contributed by atoms with Crippen LogP contribution in [-0.4, -0.2) is 28.8 Å². The monoisotopic (exact) mass is 318 g/mol. The number of nitrogens with one attached hydrogen (secondary N) is 1. The van der Waals surface area contributed by atoms with Gasteiger partial charge in [-0.2, -0.15) is 0 Å². The van der Waals surface area contributed by atoms with E-state index in [2.05, 4.69) is 5.32 Å². The van der Waals surface area contributed by atoms with Crippen LogP contribution in [0.1, 0.15) is 32.4 Å². The van der Waals surface area contributed by atoms with Crippen molar-refractivity contribution in [3.63, 3.8) is 0 Å². The summed E-state index contributed by atoms with van der Waals surface area (Å²) in [7, 11) is 1.58. The molecule has 5 nitrogen and oxygen atoms in total. The van der Waals surface area contributed by atoms with Gasteiger partial charge in [-0.15, -0.1) is 0 Å². The number of carbonyl (C=O) groups is 2. The molecule has 1 N–H and O–H groups in total. The van der Waals surface area contributed by atoms with Crippen molar-refractivity contribution in [2.24, 2.45) is 0 Å². The highest BCUT2D eigenvalue weighted by Crippen LogP contribution is 2.34. The van der Waals surface area contributed by atoms with E-state index in [4.69, 9.17) is 17.0 Å². The largest absolute Gasteiger partial charge is 0.497 e. The molecule has 1 aliphatic rings. The minimum atomic E-state index is -0.519. The molecule has 22 heavy (non-hydrogen) atoms. The van der Waals surface area contributed by atoms with Gasteiger partial charge in [0.2, 0.25) is 5.91 Å². The Balaban J connectivity index is 2.60. The van der Waals surface area contributed by atoms with Gasteiger partial charge in [0.15, 0.2) is 10.9 Å². The van der Waals surface area contributed by atoms with Gasteiger partial charge in [-0.1, -0.05) is 12.1 Å². The first-order valence-electron chi connectivity index (χ1n) is 6.83. The van der Waals surface area contributed by atoms with Gasteiger partial charge in [-0.25, -0.2) is 0 Å². The molecule has 1 atom stereocenters. The third kappa shape index (κ3) is 2.87. The first-order valence-corrected chi connectivity index (χ1v) is 7.24. The number of allylic oxidation sites excluding steroid dienone is 1. The lowest BCUT2D eigenvalue weighted by Crippen LogP contribution is -2.50. The van der Waals surface area contributed by atoms with Crippen LogP contribution >= 0.6 is 12.2 Å². The van der Waals surface area contributed by atoms with Crippen molar-refractivity contribution in [1.82, 2.24) is 10.2 Å². The Kier molecular flexibility index (Phi) is 4.61. The topological polar surface area (TPSA) is 58.6 Å². The molecule has 0 aromatic heterocycles. The van der Waals surface area contributed by atoms with Crippen LogP contribution in [0.2, 0.25) is 0 Å². The first kappa shape index (κ1) is 16.2. The van der Waals surface area contributed by atoms with Crippen LogP contribution in [0.25, 0.3) is 0 Å². The standard InChI is InChI=1S/C16H18N2O3S/c1-9-14(10(2)19)15(18(11(3)20)16(22)17-9)12-5-7-13(21-4)8-6-12/h5-8,15H,1-4H3,(H,17,22). The molecule has 1 amide bonds. The number of thiocarbonyl (C=S) groups is 1. The second kappa shape index (κ2) is 6.27. The summed E-state index contributed by atoms with van der Waals surface area (Å²) < 4.78 is 5.15. The molecule has 0 saturated carbocycles. The van der Waals surface area contributed by atoms with Crippen molar-refractivity contribution in [2.75, 3.05) is 7.11 Å². The fourth-order valence-corrected chi connectivity index (χ4v) is 3.01. The maximum absolute atomic E-state index is 12.1. The van der Waals surface area contributed by atoms with E-state index in [0.29, 0.717) is 22.1 Å². The molecule has 0 spiro atoms. The van der Waals surface area contributed by atoms with Gasteiger partial charge in [0.25, 0.3) is 0 Å². The Labute approximate surface area is 134 Å². The van der Waals surface area contributed by atoms with E-state index < -0.39 is 6.04 Å². The number of nitrogens with zero attached hydrogens (tertiary/aromatic N) is 1. The Morgan fingerprint density at radius 3 is 2.27 bits per heavy atom. The normalized spacial score (nSPS) is 18.1. The van der Waals surface area contributed by atoms with E-state index in [0.717, 1.165) is 5.56 Å². The van der Waals surface area contributed by atoms with Crippen molar-refractivity contribution in [3.8, 4) is 5.75 Å². The molecular formula is C16H18N2O3S. The molecule has 0 radical (unpaired) electrons. The Bertz CT molecular complexity index is 664. The molecule has 2 rings (SSSR count). The molecule has 0 saturated heterocycles. The highest BCUT2D eigenvalue weighted by molar-refractivity contribution is 7.80. The van der Waals surface area contributed by atoms with Crippen molar-refractivity contribution < 1.29 is 14.3 Å². The molecule has 1 aromatic rings. The average molecular weight is 318 g/mol. The lowest BCUT2D eigenvalue weighted by Gasteiger charge is -2.38. The fourth-order valence-electron chi connectivity index (χ4n) is 2.62. The molecule has 1 aromatic carbocycles. The van der Waals surface area contributed by atoms with E-state index >= 15 is 0 Å². The minimum Gasteiger partial charge on any atom is -0.497 e. The van der Waals surface area contributed by atoms with Gasteiger partial charge in [0, 0.05) is 18.2 Å². The Morgan fingerprint density at radius 1 is 1.23 bits per heavy atom. The number of carbonyl (C=O) groups excluding carboxylic acids is 2. The van der Waals surface area contributed by atoms with Gasteiger partial charge >= 0.3 is 0 Å². The quantitative estimate of drug-likeness (QED) is 0.867. The van der Waals surface area contributed by atoms with Crippen molar-refractivity contribution in [2.45, 2.75) is 26.8 Å². The number of hydrogen-bond donors (Lipinski definition) is 1. The van der Waals surface area contributed by atoms with Gasteiger partial charge in [0.1, 0.15) is 5.75 Å². The second-order valence-electron chi connectivity index (χ2n) is 5.09. The average Bonchev–Trinajstić information content (AvgIpc) is 2.45. The van der Waals surface area contributed by atoms with Gasteiger partial charge in [-0.05, 0) is 43.8 Å². The second-order valence-corrected chi connectivity index (χ2v) is 5.48. The SMILES string of the molecule is COc1ccc(C2C(C(C)=O)=C(C)NC(=S)N2C(C)=O)cc1. The van der Waals surface area contributed by atoms with Gasteiger partial charge < -0.3 is 10.1 Å². The zero-order chi connectivity index (χ0) is 16.4. The minimum absolute atomic E-state index is 0.0976. The summed E-state index contributed by atoms with van der Waals surface area (Å²) >= 11 is 5.27. The number of methoxy groups -OCH3 is 1. The Hall–Kier alpha value is -2.21. The van der Waals surface area contributed by atoms with Gasteiger partial charge in [0.05, 0.1) is 13.2 Å². The fraction of sp³-hybridized carbons (Fsp3) is 0.312. The van der Waals surface area contributed by atoms with Crippen LogP contribution in [0.15, 0.2) is 35.5 Å². The van der Waals surface area contributed by atoms with Crippen LogP contribution in [0.3, 0.4) is 0 Å². The summed E-state index contributed by atoms with van der Waals surface area (Å²) in [5.41, 5.74) is 2.02. The molecule has 1 aliphatic heterocycles. The predicted molar refractivity (Wildman–Crippen MR) is 87.4 cm³/mol. The van der Waals surface area contributed by atoms with Crippen molar-refractivity contribution in [1.29, 1.82) is 0 Å². The summed E-state index contributed by atoms with van der Waals surface area (Å²) in [5, 5.41) is 3.24. The lowest BCUT2D eigenvalue weighted by molar-refractivity contribution is -0.126.